The number of hydrogen-bond donors (Lipinski definition) is 1. The van der Waals surface area contributed by atoms with Gasteiger partial charge in [0.2, 0.25) is 5.91 Å². The quantitative estimate of drug-likeness (QED) is 0.448. The minimum atomic E-state index is -4.83. The fourth-order valence-corrected chi connectivity index (χ4v) is 3.14. The number of nitrogens with one attached hydrogen (secondary N) is 1. The Hall–Kier alpha value is -2.96. The highest BCUT2D eigenvalue weighted by Gasteiger charge is 2.32. The van der Waals surface area contributed by atoms with Gasteiger partial charge in [-0.2, -0.15) is 13.2 Å². The zero-order chi connectivity index (χ0) is 22.1. The molecule has 0 aliphatic heterocycles. The summed E-state index contributed by atoms with van der Waals surface area (Å²) in [6, 6.07) is 6.55. The minimum absolute atomic E-state index is 0.0766. The molecule has 1 unspecified atom stereocenters. The number of amides is 1. The zero-order valence-electron chi connectivity index (χ0n) is 15.0. The van der Waals surface area contributed by atoms with Crippen molar-refractivity contribution in [2.24, 2.45) is 0 Å². The summed E-state index contributed by atoms with van der Waals surface area (Å²) < 4.78 is 80.1. The zero-order valence-corrected chi connectivity index (χ0v) is 15.8. The molecule has 2 heterocycles. The second kappa shape index (κ2) is 8.05. The first-order valence-electron chi connectivity index (χ1n) is 8.18. The van der Waals surface area contributed by atoms with Crippen molar-refractivity contribution in [1.82, 2.24) is 14.6 Å². The highest BCUT2D eigenvalue weighted by molar-refractivity contribution is 8.00. The number of carbonyl (C=O) groups is 1. The van der Waals surface area contributed by atoms with Crippen molar-refractivity contribution in [3.8, 4) is 5.75 Å². The lowest BCUT2D eigenvalue weighted by Crippen LogP contribution is -2.22. The van der Waals surface area contributed by atoms with Crippen molar-refractivity contribution < 1.29 is 35.9 Å². The Morgan fingerprint density at radius 1 is 1.07 bits per heavy atom. The van der Waals surface area contributed by atoms with Crippen LogP contribution in [0.5, 0.6) is 5.75 Å². The number of rotatable bonds is 5. The van der Waals surface area contributed by atoms with Gasteiger partial charge in [-0.3, -0.25) is 9.20 Å². The second-order valence-electron chi connectivity index (χ2n) is 5.95. The van der Waals surface area contributed by atoms with E-state index >= 15 is 0 Å². The van der Waals surface area contributed by atoms with Crippen molar-refractivity contribution in [3.05, 3.63) is 48.2 Å². The van der Waals surface area contributed by atoms with Gasteiger partial charge in [-0.05, 0) is 43.3 Å². The van der Waals surface area contributed by atoms with Crippen molar-refractivity contribution in [2.75, 3.05) is 5.32 Å². The van der Waals surface area contributed by atoms with Crippen LogP contribution in [0.1, 0.15) is 12.5 Å². The Bertz CT molecular complexity index is 1050. The first-order chi connectivity index (χ1) is 13.9. The van der Waals surface area contributed by atoms with Crippen LogP contribution in [-0.4, -0.2) is 32.1 Å². The molecule has 1 atom stereocenters. The fourth-order valence-electron chi connectivity index (χ4n) is 2.31. The first kappa shape index (κ1) is 21.7. The predicted molar refractivity (Wildman–Crippen MR) is 95.1 cm³/mol. The van der Waals surface area contributed by atoms with E-state index in [-0.39, 0.29) is 16.5 Å². The summed E-state index contributed by atoms with van der Waals surface area (Å²) in [5.41, 5.74) is -0.499. The summed E-state index contributed by atoms with van der Waals surface area (Å²) in [6.45, 7) is 1.50. The lowest BCUT2D eigenvalue weighted by molar-refractivity contribution is -0.274. The van der Waals surface area contributed by atoms with Gasteiger partial charge in [0.15, 0.2) is 10.8 Å². The van der Waals surface area contributed by atoms with Crippen LogP contribution >= 0.6 is 11.8 Å². The number of alkyl halides is 6. The van der Waals surface area contributed by atoms with Crippen molar-refractivity contribution >= 4 is 29.0 Å². The van der Waals surface area contributed by atoms with Gasteiger partial charge in [0, 0.05) is 11.9 Å². The number of pyridine rings is 1. The van der Waals surface area contributed by atoms with Gasteiger partial charge >= 0.3 is 12.5 Å². The van der Waals surface area contributed by atoms with E-state index in [9.17, 15) is 31.1 Å². The van der Waals surface area contributed by atoms with E-state index in [4.69, 9.17) is 0 Å². The molecular formula is C17H12F6N4O2S. The monoisotopic (exact) mass is 450 g/mol. The number of carbonyl (C=O) groups excluding carboxylic acids is 1. The average molecular weight is 450 g/mol. The van der Waals surface area contributed by atoms with Gasteiger partial charge in [0.1, 0.15) is 5.75 Å². The number of anilines is 1. The van der Waals surface area contributed by atoms with Crippen LogP contribution in [0.25, 0.3) is 5.65 Å². The Morgan fingerprint density at radius 3 is 2.33 bits per heavy atom. The highest BCUT2D eigenvalue weighted by atomic mass is 32.2. The maximum absolute atomic E-state index is 12.9. The molecule has 0 aliphatic rings. The van der Waals surface area contributed by atoms with E-state index in [0.29, 0.717) is 0 Å². The highest BCUT2D eigenvalue weighted by Crippen LogP contribution is 2.31. The van der Waals surface area contributed by atoms with Crippen molar-refractivity contribution in [1.29, 1.82) is 0 Å². The third-order valence-corrected chi connectivity index (χ3v) is 4.76. The van der Waals surface area contributed by atoms with Crippen LogP contribution in [0.2, 0.25) is 0 Å². The third kappa shape index (κ3) is 5.34. The molecule has 1 aromatic carbocycles. The topological polar surface area (TPSA) is 68.5 Å². The Morgan fingerprint density at radius 2 is 1.73 bits per heavy atom. The Kier molecular flexibility index (Phi) is 5.83. The molecule has 3 aromatic rings. The summed E-state index contributed by atoms with van der Waals surface area (Å²) in [5, 5.41) is 9.34. The van der Waals surface area contributed by atoms with Gasteiger partial charge in [-0.25, -0.2) is 0 Å². The maximum atomic E-state index is 12.9. The van der Waals surface area contributed by atoms with Crippen LogP contribution in [0, 0.1) is 0 Å². The second-order valence-corrected chi connectivity index (χ2v) is 7.26. The molecule has 13 heteroatoms. The summed E-state index contributed by atoms with van der Waals surface area (Å²) in [6.07, 6.45) is -8.55. The molecule has 2 aromatic heterocycles. The van der Waals surface area contributed by atoms with Gasteiger partial charge in [0.25, 0.3) is 0 Å². The molecule has 0 saturated carbocycles. The summed E-state index contributed by atoms with van der Waals surface area (Å²) in [7, 11) is 0. The lowest BCUT2D eigenvalue weighted by atomic mass is 10.3. The molecule has 1 N–H and O–H groups in total. The van der Waals surface area contributed by atoms with E-state index < -0.39 is 35.0 Å². The molecule has 0 aliphatic carbocycles. The molecular weight excluding hydrogens is 438 g/mol. The SMILES string of the molecule is CC(Sc1nnc2ccc(C(F)(F)F)cn12)C(=O)Nc1ccc(OC(F)(F)F)cc1. The smallest absolute Gasteiger partial charge is 0.406 e. The van der Waals surface area contributed by atoms with Gasteiger partial charge in [0.05, 0.1) is 10.8 Å². The number of thioether (sulfide) groups is 1. The van der Waals surface area contributed by atoms with Crippen molar-refractivity contribution in [3.63, 3.8) is 0 Å². The van der Waals surface area contributed by atoms with Crippen LogP contribution in [0.3, 0.4) is 0 Å². The molecule has 0 radical (unpaired) electrons. The molecule has 1 amide bonds. The summed E-state index contributed by atoms with van der Waals surface area (Å²) in [4.78, 5) is 12.3. The molecule has 30 heavy (non-hydrogen) atoms. The fraction of sp³-hybridized carbons (Fsp3) is 0.235. The largest absolute Gasteiger partial charge is 0.573 e. The number of aromatic nitrogens is 3. The molecule has 0 saturated heterocycles. The predicted octanol–water partition coefficient (Wildman–Crippen LogP) is 4.77. The van der Waals surface area contributed by atoms with Crippen LogP contribution in [-0.2, 0) is 11.0 Å². The van der Waals surface area contributed by atoms with E-state index in [0.717, 1.165) is 46.6 Å². The molecule has 0 fully saturated rings. The van der Waals surface area contributed by atoms with Gasteiger partial charge < -0.3 is 10.1 Å². The van der Waals surface area contributed by atoms with E-state index in [2.05, 4.69) is 20.3 Å². The van der Waals surface area contributed by atoms with Crippen molar-refractivity contribution in [2.45, 2.75) is 29.9 Å². The number of halogens is 6. The normalized spacial score (nSPS) is 13.3. The maximum Gasteiger partial charge on any atom is 0.573 e. The van der Waals surface area contributed by atoms with E-state index in [1.54, 1.807) is 0 Å². The summed E-state index contributed by atoms with van der Waals surface area (Å²) >= 11 is 0.874. The average Bonchev–Trinajstić information content (AvgIpc) is 3.03. The molecule has 160 valence electrons. The third-order valence-electron chi connectivity index (χ3n) is 3.71. The number of ether oxygens (including phenoxy) is 1. The number of fused-ring (bicyclic) bond motifs is 1. The number of nitrogens with zero attached hydrogens (tertiary/aromatic N) is 3. The first-order valence-corrected chi connectivity index (χ1v) is 9.06. The Balaban J connectivity index is 1.68. The van der Waals surface area contributed by atoms with E-state index in [1.165, 1.54) is 19.1 Å². The van der Waals surface area contributed by atoms with Gasteiger partial charge in [-0.1, -0.05) is 11.8 Å². The van der Waals surface area contributed by atoms with Crippen LogP contribution in [0.15, 0.2) is 47.8 Å². The lowest BCUT2D eigenvalue weighted by Gasteiger charge is -2.13. The minimum Gasteiger partial charge on any atom is -0.406 e. The molecule has 0 bridgehead atoms. The van der Waals surface area contributed by atoms with Crippen LogP contribution < -0.4 is 10.1 Å². The number of benzene rings is 1. The van der Waals surface area contributed by atoms with Gasteiger partial charge in [-0.15, -0.1) is 23.4 Å². The van der Waals surface area contributed by atoms with Crippen LogP contribution in [0.4, 0.5) is 32.0 Å². The Labute approximate surface area is 169 Å². The molecule has 0 spiro atoms. The standard InChI is InChI=1S/C17H12F6N4O2S/c1-9(14(28)24-11-3-5-12(6-4-11)29-17(21,22)23)30-15-26-25-13-7-2-10(8-27(13)15)16(18,19)20/h2-9H,1H3,(H,24,28). The summed E-state index contributed by atoms with van der Waals surface area (Å²) in [5.74, 6) is -0.980. The van der Waals surface area contributed by atoms with E-state index in [1.807, 2.05) is 0 Å². The number of hydrogen-bond acceptors (Lipinski definition) is 5. The molecule has 6 nitrogen and oxygen atoms in total. The molecule has 3 rings (SSSR count).